The topological polar surface area (TPSA) is 26.0 Å². The van der Waals surface area contributed by atoms with Gasteiger partial charge in [0.1, 0.15) is 0 Å². The van der Waals surface area contributed by atoms with Crippen molar-refractivity contribution >= 4 is 0 Å². The summed E-state index contributed by atoms with van der Waals surface area (Å²) in [6.07, 6.45) is -4.35. The monoisotopic (exact) mass is 279 g/mol. The minimum absolute atomic E-state index is 0.470. The number of benzene rings is 2. The first-order chi connectivity index (χ1) is 9.30. The van der Waals surface area contributed by atoms with Gasteiger partial charge in [-0.25, -0.2) is 0 Å². The highest BCUT2D eigenvalue weighted by molar-refractivity contribution is 5.42. The van der Waals surface area contributed by atoms with Crippen LogP contribution >= 0.6 is 0 Å². The average Bonchev–Trinajstić information content (AvgIpc) is 2.37. The highest BCUT2D eigenvalue weighted by Crippen LogP contribution is 2.32. The van der Waals surface area contributed by atoms with Crippen LogP contribution in [0.4, 0.5) is 13.2 Å². The Kier molecular flexibility index (Phi) is 3.86. The van der Waals surface area contributed by atoms with E-state index in [0.29, 0.717) is 5.56 Å². The Balaban J connectivity index is 2.46. The number of hydrogen-bond acceptors (Lipinski definition) is 1. The van der Waals surface area contributed by atoms with Crippen molar-refractivity contribution in [1.29, 1.82) is 0 Å². The Hall–Kier alpha value is -1.81. The van der Waals surface area contributed by atoms with Crippen LogP contribution in [0.1, 0.15) is 33.9 Å². The Morgan fingerprint density at radius 3 is 2.05 bits per heavy atom. The minimum Gasteiger partial charge on any atom is -0.320 e. The molecular formula is C16H16F3N. The molecule has 2 N–H and O–H groups in total. The van der Waals surface area contributed by atoms with E-state index in [1.807, 2.05) is 32.0 Å². The summed E-state index contributed by atoms with van der Waals surface area (Å²) in [5.74, 6) is 0. The molecular weight excluding hydrogens is 263 g/mol. The highest BCUT2D eigenvalue weighted by atomic mass is 19.4. The Bertz CT molecular complexity index is 597. The summed E-state index contributed by atoms with van der Waals surface area (Å²) in [5.41, 5.74) is 8.81. The van der Waals surface area contributed by atoms with Crippen LogP contribution in [0, 0.1) is 13.8 Å². The maximum atomic E-state index is 12.8. The number of halogens is 3. The number of alkyl halides is 3. The van der Waals surface area contributed by atoms with Crippen LogP contribution in [0.3, 0.4) is 0 Å². The molecule has 20 heavy (non-hydrogen) atoms. The summed E-state index contributed by atoms with van der Waals surface area (Å²) in [6.45, 7) is 3.83. The molecule has 1 unspecified atom stereocenters. The summed E-state index contributed by atoms with van der Waals surface area (Å²) in [6, 6.07) is 10.4. The summed E-state index contributed by atoms with van der Waals surface area (Å²) in [7, 11) is 0. The van der Waals surface area contributed by atoms with Crippen molar-refractivity contribution in [3.63, 3.8) is 0 Å². The standard InChI is InChI=1S/C16H16F3N/c1-10-5-3-6-11(2)14(10)15(20)12-7-4-8-13(9-12)16(17,18)19/h3-9,15H,20H2,1-2H3. The van der Waals surface area contributed by atoms with Crippen LogP contribution in [0.15, 0.2) is 42.5 Å². The van der Waals surface area contributed by atoms with Gasteiger partial charge in [0.25, 0.3) is 0 Å². The van der Waals surface area contributed by atoms with Crippen molar-refractivity contribution in [2.24, 2.45) is 5.73 Å². The van der Waals surface area contributed by atoms with E-state index in [1.165, 1.54) is 6.07 Å². The van der Waals surface area contributed by atoms with Gasteiger partial charge in [-0.2, -0.15) is 13.2 Å². The third-order valence-corrected chi connectivity index (χ3v) is 3.43. The molecule has 0 radical (unpaired) electrons. The largest absolute Gasteiger partial charge is 0.416 e. The van der Waals surface area contributed by atoms with Crippen molar-refractivity contribution in [3.05, 3.63) is 70.3 Å². The molecule has 0 fully saturated rings. The van der Waals surface area contributed by atoms with Gasteiger partial charge < -0.3 is 5.73 Å². The quantitative estimate of drug-likeness (QED) is 0.868. The molecule has 4 heteroatoms. The first-order valence-corrected chi connectivity index (χ1v) is 6.29. The first kappa shape index (κ1) is 14.6. The van der Waals surface area contributed by atoms with Crippen molar-refractivity contribution in [3.8, 4) is 0 Å². The van der Waals surface area contributed by atoms with Gasteiger partial charge in [0.05, 0.1) is 11.6 Å². The van der Waals surface area contributed by atoms with Gasteiger partial charge in [0.15, 0.2) is 0 Å². The normalized spacial score (nSPS) is 13.3. The van der Waals surface area contributed by atoms with Crippen LogP contribution in [0.25, 0.3) is 0 Å². The minimum atomic E-state index is -4.35. The van der Waals surface area contributed by atoms with Gasteiger partial charge in [-0.1, -0.05) is 30.3 Å². The molecule has 2 rings (SSSR count). The molecule has 0 bridgehead atoms. The van der Waals surface area contributed by atoms with Crippen LogP contribution in [-0.4, -0.2) is 0 Å². The second kappa shape index (κ2) is 5.29. The SMILES string of the molecule is Cc1cccc(C)c1C(N)c1cccc(C(F)(F)F)c1. The lowest BCUT2D eigenvalue weighted by molar-refractivity contribution is -0.137. The molecule has 1 nitrogen and oxygen atoms in total. The summed E-state index contributed by atoms with van der Waals surface area (Å²) in [5, 5.41) is 0. The molecule has 0 heterocycles. The van der Waals surface area contributed by atoms with E-state index in [4.69, 9.17) is 5.73 Å². The third kappa shape index (κ3) is 2.85. The Morgan fingerprint density at radius 2 is 1.50 bits per heavy atom. The van der Waals surface area contributed by atoms with Gasteiger partial charge in [-0.05, 0) is 48.2 Å². The lowest BCUT2D eigenvalue weighted by Crippen LogP contribution is -2.16. The molecule has 0 amide bonds. The zero-order valence-corrected chi connectivity index (χ0v) is 11.3. The van der Waals surface area contributed by atoms with Gasteiger partial charge in [0.2, 0.25) is 0 Å². The van der Waals surface area contributed by atoms with Gasteiger partial charge in [-0.3, -0.25) is 0 Å². The average molecular weight is 279 g/mol. The fourth-order valence-corrected chi connectivity index (χ4v) is 2.39. The Morgan fingerprint density at radius 1 is 0.950 bits per heavy atom. The predicted molar refractivity (Wildman–Crippen MR) is 73.4 cm³/mol. The summed E-state index contributed by atoms with van der Waals surface area (Å²) in [4.78, 5) is 0. The van der Waals surface area contributed by atoms with E-state index >= 15 is 0 Å². The molecule has 1 atom stereocenters. The van der Waals surface area contributed by atoms with Crippen molar-refractivity contribution < 1.29 is 13.2 Å². The molecule has 0 aromatic heterocycles. The smallest absolute Gasteiger partial charge is 0.320 e. The lowest BCUT2D eigenvalue weighted by Gasteiger charge is -2.19. The van der Waals surface area contributed by atoms with Gasteiger partial charge >= 0.3 is 6.18 Å². The zero-order valence-electron chi connectivity index (χ0n) is 11.3. The molecule has 106 valence electrons. The second-order valence-electron chi connectivity index (χ2n) is 4.91. The van der Waals surface area contributed by atoms with E-state index in [2.05, 4.69) is 0 Å². The molecule has 0 aliphatic rings. The fourth-order valence-electron chi connectivity index (χ4n) is 2.39. The maximum absolute atomic E-state index is 12.8. The van der Waals surface area contributed by atoms with Crippen molar-refractivity contribution in [2.45, 2.75) is 26.1 Å². The number of rotatable bonds is 2. The van der Waals surface area contributed by atoms with Crippen LogP contribution < -0.4 is 5.73 Å². The third-order valence-electron chi connectivity index (χ3n) is 3.43. The van der Waals surface area contributed by atoms with E-state index < -0.39 is 17.8 Å². The molecule has 2 aromatic carbocycles. The maximum Gasteiger partial charge on any atom is 0.416 e. The second-order valence-corrected chi connectivity index (χ2v) is 4.91. The van der Waals surface area contributed by atoms with E-state index in [-0.39, 0.29) is 0 Å². The van der Waals surface area contributed by atoms with Crippen LogP contribution in [0.5, 0.6) is 0 Å². The lowest BCUT2D eigenvalue weighted by atomic mass is 9.91. The fraction of sp³-hybridized carbons (Fsp3) is 0.250. The number of nitrogens with two attached hydrogens (primary N) is 1. The van der Waals surface area contributed by atoms with Gasteiger partial charge in [-0.15, -0.1) is 0 Å². The van der Waals surface area contributed by atoms with E-state index in [9.17, 15) is 13.2 Å². The summed E-state index contributed by atoms with van der Waals surface area (Å²) >= 11 is 0. The van der Waals surface area contributed by atoms with Crippen molar-refractivity contribution in [2.75, 3.05) is 0 Å². The first-order valence-electron chi connectivity index (χ1n) is 6.29. The Labute approximate surface area is 116 Å². The molecule has 2 aromatic rings. The van der Waals surface area contributed by atoms with Crippen molar-refractivity contribution in [1.82, 2.24) is 0 Å². The number of aryl methyl sites for hydroxylation is 2. The number of hydrogen-bond donors (Lipinski definition) is 1. The summed E-state index contributed by atoms with van der Waals surface area (Å²) < 4.78 is 38.3. The van der Waals surface area contributed by atoms with Crippen LogP contribution in [0.2, 0.25) is 0 Å². The predicted octanol–water partition coefficient (Wildman–Crippen LogP) is 4.37. The molecule has 0 saturated carbocycles. The highest BCUT2D eigenvalue weighted by Gasteiger charge is 2.31. The van der Waals surface area contributed by atoms with E-state index in [1.54, 1.807) is 6.07 Å². The van der Waals surface area contributed by atoms with E-state index in [0.717, 1.165) is 28.8 Å². The molecule has 0 spiro atoms. The van der Waals surface area contributed by atoms with Gasteiger partial charge in [0, 0.05) is 0 Å². The molecule has 0 aliphatic carbocycles. The molecule has 0 aliphatic heterocycles. The van der Waals surface area contributed by atoms with Crippen LogP contribution in [-0.2, 0) is 6.18 Å². The molecule has 0 saturated heterocycles. The zero-order chi connectivity index (χ0) is 14.9.